The number of aromatic nitrogens is 1. The third-order valence-electron chi connectivity index (χ3n) is 1.57. The van der Waals surface area contributed by atoms with Gasteiger partial charge in [0.2, 0.25) is 0 Å². The maximum Gasteiger partial charge on any atom is 0.374 e. The molecule has 1 aromatic rings. The van der Waals surface area contributed by atoms with Gasteiger partial charge in [0.05, 0.1) is 12.2 Å². The summed E-state index contributed by atoms with van der Waals surface area (Å²) < 4.78 is 13.1. The molecular formula is C8H9FN2O2. The summed E-state index contributed by atoms with van der Waals surface area (Å²) in [6, 6.07) is 2.81. The Balaban J connectivity index is 2.89. The van der Waals surface area contributed by atoms with E-state index >= 15 is 0 Å². The Morgan fingerprint density at radius 1 is 1.69 bits per heavy atom. The SMILES string of the molecule is N=C(CO)Cc1ccc[n+]([O-])c1F. The van der Waals surface area contributed by atoms with Crippen molar-refractivity contribution in [2.24, 2.45) is 0 Å². The molecule has 0 amide bonds. The van der Waals surface area contributed by atoms with Gasteiger partial charge in [0.1, 0.15) is 0 Å². The van der Waals surface area contributed by atoms with E-state index in [1.54, 1.807) is 0 Å². The average Bonchev–Trinajstić information content (AvgIpc) is 2.13. The molecular weight excluding hydrogens is 175 g/mol. The molecule has 2 N–H and O–H groups in total. The summed E-state index contributed by atoms with van der Waals surface area (Å²) in [6.45, 7) is -0.423. The third-order valence-corrected chi connectivity index (χ3v) is 1.57. The predicted octanol–water partition coefficient (Wildman–Crippen LogP) is 0.0137. The second-order valence-corrected chi connectivity index (χ2v) is 2.59. The van der Waals surface area contributed by atoms with E-state index < -0.39 is 12.6 Å². The van der Waals surface area contributed by atoms with Crippen LogP contribution in [0, 0.1) is 16.6 Å². The molecule has 0 aliphatic rings. The van der Waals surface area contributed by atoms with E-state index in [0.717, 1.165) is 6.20 Å². The minimum Gasteiger partial charge on any atom is -0.617 e. The van der Waals surface area contributed by atoms with Crippen LogP contribution in [0.4, 0.5) is 4.39 Å². The van der Waals surface area contributed by atoms with E-state index in [2.05, 4.69) is 0 Å². The number of nitrogens with zero attached hydrogens (tertiary/aromatic N) is 1. The molecule has 0 radical (unpaired) electrons. The Bertz CT molecular complexity index is 328. The summed E-state index contributed by atoms with van der Waals surface area (Å²) in [5.74, 6) is -0.916. The van der Waals surface area contributed by atoms with Crippen LogP contribution in [0.25, 0.3) is 0 Å². The molecule has 0 saturated heterocycles. The molecule has 0 fully saturated rings. The highest BCUT2D eigenvalue weighted by molar-refractivity contribution is 5.84. The summed E-state index contributed by atoms with van der Waals surface area (Å²) >= 11 is 0. The van der Waals surface area contributed by atoms with Gasteiger partial charge in [-0.15, -0.1) is 9.12 Å². The maximum atomic E-state index is 13.0. The van der Waals surface area contributed by atoms with E-state index in [1.807, 2.05) is 0 Å². The van der Waals surface area contributed by atoms with E-state index in [4.69, 9.17) is 10.5 Å². The Kier molecular flexibility index (Phi) is 2.92. The normalized spacial score (nSPS) is 10.0. The zero-order chi connectivity index (χ0) is 9.84. The molecule has 0 bridgehead atoms. The van der Waals surface area contributed by atoms with E-state index in [0.29, 0.717) is 0 Å². The first kappa shape index (κ1) is 9.60. The van der Waals surface area contributed by atoms with Crippen LogP contribution in [0.1, 0.15) is 5.56 Å². The van der Waals surface area contributed by atoms with Crippen LogP contribution in [-0.2, 0) is 6.42 Å². The lowest BCUT2D eigenvalue weighted by Gasteiger charge is -2.02. The van der Waals surface area contributed by atoms with Gasteiger partial charge in [0.25, 0.3) is 0 Å². The third kappa shape index (κ3) is 2.22. The topological polar surface area (TPSA) is 71.0 Å². The van der Waals surface area contributed by atoms with Crippen molar-refractivity contribution in [1.29, 1.82) is 5.41 Å². The summed E-state index contributed by atoms with van der Waals surface area (Å²) in [4.78, 5) is 0. The van der Waals surface area contributed by atoms with Crippen LogP contribution in [0.5, 0.6) is 0 Å². The Hall–Kier alpha value is -1.49. The molecule has 13 heavy (non-hydrogen) atoms. The number of aliphatic hydroxyl groups excluding tert-OH is 1. The second-order valence-electron chi connectivity index (χ2n) is 2.59. The molecule has 0 spiro atoms. The molecule has 0 saturated carbocycles. The van der Waals surface area contributed by atoms with Gasteiger partial charge in [-0.05, 0) is 6.07 Å². The molecule has 70 valence electrons. The molecule has 0 unspecified atom stereocenters. The van der Waals surface area contributed by atoms with Crippen molar-refractivity contribution in [3.63, 3.8) is 0 Å². The zero-order valence-electron chi connectivity index (χ0n) is 6.83. The quantitative estimate of drug-likeness (QED) is 0.301. The molecule has 1 aromatic heterocycles. The van der Waals surface area contributed by atoms with Crippen molar-refractivity contribution >= 4 is 5.71 Å². The van der Waals surface area contributed by atoms with Gasteiger partial charge >= 0.3 is 5.95 Å². The van der Waals surface area contributed by atoms with Crippen LogP contribution in [0.15, 0.2) is 18.3 Å². The van der Waals surface area contributed by atoms with Crippen molar-refractivity contribution in [3.05, 3.63) is 35.0 Å². The standard InChI is InChI=1S/C8H9FN2O2/c9-8-6(4-7(10)5-12)2-1-3-11(8)13/h1-3,10,12H,4-5H2. The zero-order valence-corrected chi connectivity index (χ0v) is 6.83. The lowest BCUT2D eigenvalue weighted by atomic mass is 10.1. The van der Waals surface area contributed by atoms with Crippen molar-refractivity contribution in [1.82, 2.24) is 0 Å². The summed E-state index contributed by atoms with van der Waals surface area (Å²) in [5, 5.41) is 26.4. The molecule has 1 heterocycles. The van der Waals surface area contributed by atoms with E-state index in [-0.39, 0.29) is 22.4 Å². The highest BCUT2D eigenvalue weighted by atomic mass is 19.1. The van der Waals surface area contributed by atoms with Gasteiger partial charge in [-0.2, -0.15) is 0 Å². The lowest BCUT2D eigenvalue weighted by Crippen LogP contribution is -2.32. The van der Waals surface area contributed by atoms with Crippen LogP contribution in [0.2, 0.25) is 0 Å². The number of hydrogen-bond acceptors (Lipinski definition) is 3. The van der Waals surface area contributed by atoms with Crippen LogP contribution >= 0.6 is 0 Å². The predicted molar refractivity (Wildman–Crippen MR) is 43.9 cm³/mol. The molecule has 5 heteroatoms. The Labute approximate surface area is 74.3 Å². The largest absolute Gasteiger partial charge is 0.617 e. The van der Waals surface area contributed by atoms with Crippen LogP contribution < -0.4 is 4.73 Å². The number of halogens is 1. The van der Waals surface area contributed by atoms with E-state index in [9.17, 15) is 9.60 Å². The minimum atomic E-state index is -0.916. The summed E-state index contributed by atoms with van der Waals surface area (Å²) in [7, 11) is 0. The maximum absolute atomic E-state index is 13.0. The van der Waals surface area contributed by atoms with Gasteiger partial charge in [-0.3, -0.25) is 0 Å². The number of aliphatic hydroxyl groups is 1. The molecule has 1 rings (SSSR count). The molecule has 0 aliphatic carbocycles. The molecule has 0 aliphatic heterocycles. The summed E-state index contributed by atoms with van der Waals surface area (Å²) in [5.41, 5.74) is 0.0988. The van der Waals surface area contributed by atoms with Gasteiger partial charge in [-0.1, -0.05) is 0 Å². The average molecular weight is 184 g/mol. The Morgan fingerprint density at radius 2 is 2.38 bits per heavy atom. The Morgan fingerprint density at radius 3 is 3.00 bits per heavy atom. The van der Waals surface area contributed by atoms with E-state index in [1.165, 1.54) is 12.1 Å². The van der Waals surface area contributed by atoms with Gasteiger partial charge < -0.3 is 15.7 Å². The highest BCUT2D eigenvalue weighted by Gasteiger charge is 2.11. The van der Waals surface area contributed by atoms with Crippen LogP contribution in [-0.4, -0.2) is 17.4 Å². The first-order valence-electron chi connectivity index (χ1n) is 3.69. The summed E-state index contributed by atoms with van der Waals surface area (Å²) in [6.07, 6.45) is 1.01. The van der Waals surface area contributed by atoms with Gasteiger partial charge in [0, 0.05) is 18.2 Å². The fraction of sp³-hybridized carbons (Fsp3) is 0.250. The van der Waals surface area contributed by atoms with Crippen molar-refractivity contribution < 1.29 is 14.2 Å². The van der Waals surface area contributed by atoms with Gasteiger partial charge in [0.15, 0.2) is 6.20 Å². The molecule has 0 aromatic carbocycles. The monoisotopic (exact) mass is 184 g/mol. The van der Waals surface area contributed by atoms with Crippen molar-refractivity contribution in [3.8, 4) is 0 Å². The van der Waals surface area contributed by atoms with Crippen molar-refractivity contribution in [2.75, 3.05) is 6.61 Å². The second kappa shape index (κ2) is 3.95. The molecule has 0 atom stereocenters. The fourth-order valence-electron chi connectivity index (χ4n) is 0.931. The smallest absolute Gasteiger partial charge is 0.374 e. The first-order valence-corrected chi connectivity index (χ1v) is 3.69. The number of rotatable bonds is 3. The number of nitrogens with one attached hydrogen (secondary N) is 1. The van der Waals surface area contributed by atoms with Gasteiger partial charge in [-0.25, -0.2) is 0 Å². The minimum absolute atomic E-state index is 0.0231. The lowest BCUT2D eigenvalue weighted by molar-refractivity contribution is -0.637. The van der Waals surface area contributed by atoms with Crippen molar-refractivity contribution in [2.45, 2.75) is 6.42 Å². The fourth-order valence-corrected chi connectivity index (χ4v) is 0.931. The van der Waals surface area contributed by atoms with Crippen LogP contribution in [0.3, 0.4) is 0 Å². The number of pyridine rings is 1. The first-order chi connectivity index (χ1) is 6.15. The molecule has 4 nitrogen and oxygen atoms in total. The highest BCUT2D eigenvalue weighted by Crippen LogP contribution is 2.02. The number of hydrogen-bond donors (Lipinski definition) is 2.